The molecule has 3 rings (SSSR count). The summed E-state index contributed by atoms with van der Waals surface area (Å²) in [5.74, 6) is 0.918. The molecular weight excluding hydrogens is 254 g/mol. The standard InChI is InChI=1S/C20H27N/c1-15-11-13-19(18-10-6-5-9-17(15)18)20(21)14-12-16-7-3-2-4-8-16/h5-6,9-11,13,16,20H,2-4,7-8,12,14,21H2,1H3. The Bertz CT molecular complexity index is 596. The van der Waals surface area contributed by atoms with Crippen LogP contribution in [0.5, 0.6) is 0 Å². The van der Waals surface area contributed by atoms with E-state index in [2.05, 4.69) is 43.3 Å². The molecule has 0 heterocycles. The van der Waals surface area contributed by atoms with Gasteiger partial charge < -0.3 is 5.73 Å². The minimum Gasteiger partial charge on any atom is -0.324 e. The lowest BCUT2D eigenvalue weighted by molar-refractivity contribution is 0.324. The lowest BCUT2D eigenvalue weighted by Crippen LogP contribution is -2.14. The third-order valence-electron chi connectivity index (χ3n) is 5.19. The lowest BCUT2D eigenvalue weighted by Gasteiger charge is -2.23. The van der Waals surface area contributed by atoms with E-state index in [0.717, 1.165) is 12.3 Å². The minimum atomic E-state index is 0.178. The van der Waals surface area contributed by atoms with Gasteiger partial charge >= 0.3 is 0 Å². The van der Waals surface area contributed by atoms with Gasteiger partial charge in [-0.3, -0.25) is 0 Å². The Kier molecular flexibility index (Phi) is 4.60. The van der Waals surface area contributed by atoms with Gasteiger partial charge in [-0.1, -0.05) is 68.5 Å². The van der Waals surface area contributed by atoms with Crippen molar-refractivity contribution in [2.24, 2.45) is 11.7 Å². The van der Waals surface area contributed by atoms with E-state index in [1.165, 1.54) is 60.4 Å². The van der Waals surface area contributed by atoms with E-state index in [4.69, 9.17) is 5.73 Å². The second-order valence-electron chi connectivity index (χ2n) is 6.71. The summed E-state index contributed by atoms with van der Waals surface area (Å²) in [7, 11) is 0. The minimum absolute atomic E-state index is 0.178. The molecule has 2 aromatic rings. The average Bonchev–Trinajstić information content (AvgIpc) is 2.54. The van der Waals surface area contributed by atoms with Gasteiger partial charge in [-0.25, -0.2) is 0 Å². The quantitative estimate of drug-likeness (QED) is 0.785. The van der Waals surface area contributed by atoms with Crippen LogP contribution in [0.1, 0.15) is 62.1 Å². The number of aryl methyl sites for hydroxylation is 1. The summed E-state index contributed by atoms with van der Waals surface area (Å²) in [6.45, 7) is 2.18. The number of hydrogen-bond acceptors (Lipinski definition) is 1. The van der Waals surface area contributed by atoms with Crippen LogP contribution in [0.4, 0.5) is 0 Å². The summed E-state index contributed by atoms with van der Waals surface area (Å²) in [5.41, 5.74) is 9.20. The fourth-order valence-corrected chi connectivity index (χ4v) is 3.84. The van der Waals surface area contributed by atoms with Gasteiger partial charge in [-0.15, -0.1) is 0 Å². The van der Waals surface area contributed by atoms with Gasteiger partial charge in [0, 0.05) is 6.04 Å². The Morgan fingerprint density at radius 2 is 1.71 bits per heavy atom. The Morgan fingerprint density at radius 1 is 1.00 bits per heavy atom. The Morgan fingerprint density at radius 3 is 2.48 bits per heavy atom. The maximum absolute atomic E-state index is 6.53. The third-order valence-corrected chi connectivity index (χ3v) is 5.19. The van der Waals surface area contributed by atoms with Crippen LogP contribution in [0.25, 0.3) is 10.8 Å². The molecule has 1 atom stereocenters. The highest BCUT2D eigenvalue weighted by Crippen LogP contribution is 2.32. The molecule has 2 aromatic carbocycles. The van der Waals surface area contributed by atoms with Crippen LogP contribution in [0, 0.1) is 12.8 Å². The SMILES string of the molecule is Cc1ccc(C(N)CCC2CCCCC2)c2ccccc12. The highest BCUT2D eigenvalue weighted by atomic mass is 14.6. The molecule has 0 radical (unpaired) electrons. The van der Waals surface area contributed by atoms with Gasteiger partial charge in [0.25, 0.3) is 0 Å². The number of rotatable bonds is 4. The zero-order valence-electron chi connectivity index (χ0n) is 13.1. The van der Waals surface area contributed by atoms with Gasteiger partial charge in [0.1, 0.15) is 0 Å². The number of nitrogens with two attached hydrogens (primary N) is 1. The van der Waals surface area contributed by atoms with Crippen molar-refractivity contribution in [1.82, 2.24) is 0 Å². The van der Waals surface area contributed by atoms with Crippen LogP contribution in [0.2, 0.25) is 0 Å². The van der Waals surface area contributed by atoms with Crippen molar-refractivity contribution < 1.29 is 0 Å². The maximum Gasteiger partial charge on any atom is 0.0301 e. The number of fused-ring (bicyclic) bond motifs is 1. The zero-order valence-corrected chi connectivity index (χ0v) is 13.1. The molecule has 0 aromatic heterocycles. The third kappa shape index (κ3) is 3.29. The monoisotopic (exact) mass is 281 g/mol. The average molecular weight is 281 g/mol. The second-order valence-corrected chi connectivity index (χ2v) is 6.71. The summed E-state index contributed by atoms with van der Waals surface area (Å²) in [4.78, 5) is 0. The van der Waals surface area contributed by atoms with Gasteiger partial charge in [0.05, 0.1) is 0 Å². The molecule has 1 aliphatic rings. The highest BCUT2D eigenvalue weighted by molar-refractivity contribution is 5.88. The lowest BCUT2D eigenvalue weighted by atomic mass is 9.84. The molecular formula is C20H27N. The summed E-state index contributed by atoms with van der Waals surface area (Å²) in [6.07, 6.45) is 9.54. The maximum atomic E-state index is 6.53. The summed E-state index contributed by atoms with van der Waals surface area (Å²) in [6, 6.07) is 13.3. The van der Waals surface area contributed by atoms with Crippen LogP contribution in [0.15, 0.2) is 36.4 Å². The van der Waals surface area contributed by atoms with Crippen molar-refractivity contribution in [1.29, 1.82) is 0 Å². The van der Waals surface area contributed by atoms with E-state index in [-0.39, 0.29) is 6.04 Å². The smallest absolute Gasteiger partial charge is 0.0301 e. The second kappa shape index (κ2) is 6.62. The predicted molar refractivity (Wildman–Crippen MR) is 91.4 cm³/mol. The van der Waals surface area contributed by atoms with Crippen molar-refractivity contribution in [2.45, 2.75) is 57.9 Å². The number of hydrogen-bond donors (Lipinski definition) is 1. The van der Waals surface area contributed by atoms with Gasteiger partial charge in [0.2, 0.25) is 0 Å². The van der Waals surface area contributed by atoms with Crippen LogP contribution in [0.3, 0.4) is 0 Å². The first kappa shape index (κ1) is 14.6. The van der Waals surface area contributed by atoms with Crippen molar-refractivity contribution >= 4 is 10.8 Å². The van der Waals surface area contributed by atoms with E-state index in [1.54, 1.807) is 0 Å². The van der Waals surface area contributed by atoms with E-state index >= 15 is 0 Å². The van der Waals surface area contributed by atoms with Crippen LogP contribution in [-0.2, 0) is 0 Å². The molecule has 0 amide bonds. The molecule has 1 aliphatic carbocycles. The van der Waals surface area contributed by atoms with Crippen molar-refractivity contribution in [3.63, 3.8) is 0 Å². The molecule has 112 valence electrons. The first-order valence-electron chi connectivity index (χ1n) is 8.49. The first-order valence-corrected chi connectivity index (χ1v) is 8.49. The fraction of sp³-hybridized carbons (Fsp3) is 0.500. The molecule has 2 N–H and O–H groups in total. The van der Waals surface area contributed by atoms with E-state index in [0.29, 0.717) is 0 Å². The molecule has 0 spiro atoms. The van der Waals surface area contributed by atoms with Crippen molar-refractivity contribution in [3.8, 4) is 0 Å². The molecule has 1 heteroatoms. The largest absolute Gasteiger partial charge is 0.324 e. The molecule has 21 heavy (non-hydrogen) atoms. The van der Waals surface area contributed by atoms with E-state index < -0.39 is 0 Å². The van der Waals surface area contributed by atoms with Gasteiger partial charge in [-0.2, -0.15) is 0 Å². The highest BCUT2D eigenvalue weighted by Gasteiger charge is 2.16. The summed E-state index contributed by atoms with van der Waals surface area (Å²) < 4.78 is 0. The van der Waals surface area contributed by atoms with Crippen LogP contribution < -0.4 is 5.73 Å². The molecule has 1 nitrogen and oxygen atoms in total. The summed E-state index contributed by atoms with van der Waals surface area (Å²) >= 11 is 0. The molecule has 0 bridgehead atoms. The van der Waals surface area contributed by atoms with Crippen molar-refractivity contribution in [3.05, 3.63) is 47.5 Å². The Balaban J connectivity index is 1.75. The van der Waals surface area contributed by atoms with Crippen LogP contribution >= 0.6 is 0 Å². The Labute approximate surface area is 128 Å². The zero-order chi connectivity index (χ0) is 14.7. The molecule has 0 saturated heterocycles. The topological polar surface area (TPSA) is 26.0 Å². The van der Waals surface area contributed by atoms with E-state index in [9.17, 15) is 0 Å². The number of benzene rings is 2. The Hall–Kier alpha value is -1.34. The first-order chi connectivity index (χ1) is 10.3. The molecule has 1 unspecified atom stereocenters. The normalized spacial score (nSPS) is 18.0. The van der Waals surface area contributed by atoms with Gasteiger partial charge in [0.15, 0.2) is 0 Å². The molecule has 1 saturated carbocycles. The van der Waals surface area contributed by atoms with E-state index in [1.807, 2.05) is 0 Å². The van der Waals surface area contributed by atoms with Crippen molar-refractivity contribution in [2.75, 3.05) is 0 Å². The summed E-state index contributed by atoms with van der Waals surface area (Å²) in [5, 5.41) is 2.69. The predicted octanol–water partition coefficient (Wildman–Crippen LogP) is 5.51. The molecule has 0 aliphatic heterocycles. The fourth-order valence-electron chi connectivity index (χ4n) is 3.84. The van der Waals surface area contributed by atoms with Gasteiger partial charge in [-0.05, 0) is 47.6 Å². The van der Waals surface area contributed by atoms with Crippen LogP contribution in [-0.4, -0.2) is 0 Å². The molecule has 1 fully saturated rings.